The number of carbonyl (C=O) groups is 1. The molecule has 0 unspecified atom stereocenters. The maximum Gasteiger partial charge on any atom is 0.0646 e. The molecule has 0 spiro atoms. The number of rotatable bonds is 12. The van der Waals surface area contributed by atoms with Crippen molar-refractivity contribution >= 4 is 13.2 Å². The van der Waals surface area contributed by atoms with E-state index in [1.54, 1.807) is 0 Å². The molecule has 0 radical (unpaired) electrons. The predicted molar refractivity (Wildman–Crippen MR) is 80.7 cm³/mol. The molecule has 0 saturated carbocycles. The van der Waals surface area contributed by atoms with E-state index in [9.17, 15) is 9.90 Å². The van der Waals surface area contributed by atoms with Gasteiger partial charge in [-0.15, -0.1) is 0 Å². The van der Waals surface area contributed by atoms with E-state index in [0.29, 0.717) is 0 Å². The number of carbonyl (C=O) groups excluding carboxylic acids is 1. The largest absolute Gasteiger partial charge is 0.550 e. The van der Waals surface area contributed by atoms with Crippen LogP contribution in [0.4, 0.5) is 0 Å². The molecular weight excluding hydrogens is 243 g/mol. The van der Waals surface area contributed by atoms with Gasteiger partial charge in [0.05, 0.1) is 24.6 Å². The smallest absolute Gasteiger partial charge is 0.0646 e. The van der Waals surface area contributed by atoms with Gasteiger partial charge in [-0.3, -0.25) is 0 Å². The molecule has 0 aliphatic heterocycles. The van der Waals surface area contributed by atoms with Crippen molar-refractivity contribution in [2.24, 2.45) is 0 Å². The molecule has 108 valence electrons. The lowest BCUT2D eigenvalue weighted by Crippen LogP contribution is -2.25. The quantitative estimate of drug-likeness (QED) is 0.511. The summed E-state index contributed by atoms with van der Waals surface area (Å²) in [5.41, 5.74) is 0. The number of unbranched alkanes of at least 4 members (excludes halogenated alkanes) is 3. The molecule has 0 atom stereocenters. The van der Waals surface area contributed by atoms with Gasteiger partial charge in [0.1, 0.15) is 0 Å². The van der Waals surface area contributed by atoms with E-state index >= 15 is 0 Å². The minimum atomic E-state index is -1.02. The van der Waals surface area contributed by atoms with Gasteiger partial charge in [-0.2, -0.15) is 0 Å². The van der Waals surface area contributed by atoms with Crippen molar-refractivity contribution in [1.29, 1.82) is 0 Å². The first-order valence-corrected chi connectivity index (χ1v) is 10.2. The van der Waals surface area contributed by atoms with Crippen LogP contribution < -0.4 is 5.11 Å². The molecule has 0 aromatic heterocycles. The second-order valence-corrected chi connectivity index (χ2v) is 9.89. The van der Waals surface area contributed by atoms with Crippen molar-refractivity contribution in [1.82, 2.24) is 0 Å². The van der Waals surface area contributed by atoms with Gasteiger partial charge in [-0.05, 0) is 19.3 Å². The molecule has 0 rings (SSSR count). The molecule has 0 N–H and O–H groups in total. The van der Waals surface area contributed by atoms with Crippen molar-refractivity contribution in [3.05, 3.63) is 0 Å². The number of carboxylic acid groups (broad SMARTS) is 1. The van der Waals surface area contributed by atoms with Crippen LogP contribution in [0.2, 0.25) is 0 Å². The lowest BCUT2D eigenvalue weighted by molar-refractivity contribution is -0.305. The lowest BCUT2D eigenvalue weighted by atomic mass is 10.4. The summed E-state index contributed by atoms with van der Waals surface area (Å²) < 4.78 is 0. The first-order chi connectivity index (χ1) is 8.60. The number of hydrogen-bond donors (Lipinski definition) is 0. The Balaban J connectivity index is 4.55. The summed E-state index contributed by atoms with van der Waals surface area (Å²) in [6, 6.07) is 0. The molecule has 2 nitrogen and oxygen atoms in total. The van der Waals surface area contributed by atoms with E-state index < -0.39 is 13.2 Å². The number of aliphatic carboxylic acids is 1. The zero-order chi connectivity index (χ0) is 13.9. The van der Waals surface area contributed by atoms with Crippen molar-refractivity contribution in [2.75, 3.05) is 24.6 Å². The minimum absolute atomic E-state index is 0.283. The minimum Gasteiger partial charge on any atom is -0.550 e. The van der Waals surface area contributed by atoms with E-state index in [1.807, 2.05) is 0 Å². The molecule has 0 bridgehead atoms. The van der Waals surface area contributed by atoms with Gasteiger partial charge in [0.25, 0.3) is 0 Å². The molecule has 0 aliphatic carbocycles. The average molecular weight is 274 g/mol. The molecular formula is C15H31O2P. The Bertz CT molecular complexity index is 195. The Morgan fingerprint density at radius 1 is 0.833 bits per heavy atom. The first kappa shape index (κ1) is 17.9. The Morgan fingerprint density at radius 3 is 1.50 bits per heavy atom. The normalized spacial score (nSPS) is 11.7. The van der Waals surface area contributed by atoms with Gasteiger partial charge in [0.2, 0.25) is 0 Å². The highest BCUT2D eigenvalue weighted by atomic mass is 31.2. The summed E-state index contributed by atoms with van der Waals surface area (Å²) in [6.45, 7) is 6.69. The summed E-state index contributed by atoms with van der Waals surface area (Å²) in [5, 5.41) is 10.8. The average Bonchev–Trinajstić information content (AvgIpc) is 2.37. The van der Waals surface area contributed by atoms with E-state index in [2.05, 4.69) is 20.8 Å². The summed E-state index contributed by atoms with van der Waals surface area (Å²) in [6.07, 6.45) is 12.6. The highest BCUT2D eigenvalue weighted by Gasteiger charge is 2.34. The van der Waals surface area contributed by atoms with Gasteiger partial charge in [0, 0.05) is 19.7 Å². The maximum atomic E-state index is 10.8. The van der Waals surface area contributed by atoms with Crippen LogP contribution in [0.1, 0.15) is 65.7 Å². The van der Waals surface area contributed by atoms with E-state index in [0.717, 1.165) is 6.16 Å². The number of carboxylic acids is 1. The molecule has 0 fully saturated rings. The number of hydrogen-bond acceptors (Lipinski definition) is 2. The third-order valence-electron chi connectivity index (χ3n) is 3.75. The Hall–Kier alpha value is -0.100. The van der Waals surface area contributed by atoms with Crippen LogP contribution in [-0.2, 0) is 4.79 Å². The van der Waals surface area contributed by atoms with E-state index in [1.165, 1.54) is 57.0 Å². The van der Waals surface area contributed by atoms with Crippen LogP contribution in [0.15, 0.2) is 0 Å². The molecule has 18 heavy (non-hydrogen) atoms. The Morgan fingerprint density at radius 2 is 1.22 bits per heavy atom. The van der Waals surface area contributed by atoms with Crippen LogP contribution in [0.25, 0.3) is 0 Å². The summed E-state index contributed by atoms with van der Waals surface area (Å²) in [4.78, 5) is 10.8. The van der Waals surface area contributed by atoms with Crippen LogP contribution in [0.5, 0.6) is 0 Å². The van der Waals surface area contributed by atoms with Crippen LogP contribution in [-0.4, -0.2) is 30.6 Å². The topological polar surface area (TPSA) is 40.1 Å². The Labute approximate surface area is 114 Å². The highest BCUT2D eigenvalue weighted by Crippen LogP contribution is 2.61. The molecule has 0 aromatic rings. The van der Waals surface area contributed by atoms with Gasteiger partial charge in [0.15, 0.2) is 0 Å². The van der Waals surface area contributed by atoms with Crippen LogP contribution >= 0.6 is 7.26 Å². The van der Waals surface area contributed by atoms with Crippen molar-refractivity contribution in [3.8, 4) is 0 Å². The fourth-order valence-electron chi connectivity index (χ4n) is 2.48. The molecule has 0 aromatic carbocycles. The second-order valence-electron chi connectivity index (χ2n) is 5.42. The summed E-state index contributed by atoms with van der Waals surface area (Å²) in [5.74, 6) is -0.858. The molecule has 0 saturated heterocycles. The van der Waals surface area contributed by atoms with Crippen molar-refractivity contribution in [2.45, 2.75) is 65.7 Å². The van der Waals surface area contributed by atoms with Crippen molar-refractivity contribution < 1.29 is 9.90 Å². The van der Waals surface area contributed by atoms with Gasteiger partial charge < -0.3 is 9.90 Å². The van der Waals surface area contributed by atoms with Gasteiger partial charge in [-0.25, -0.2) is 0 Å². The summed E-state index contributed by atoms with van der Waals surface area (Å²) in [7, 11) is -1.02. The second kappa shape index (κ2) is 10.8. The van der Waals surface area contributed by atoms with Crippen LogP contribution in [0.3, 0.4) is 0 Å². The fraction of sp³-hybridized carbons (Fsp3) is 0.933. The third kappa shape index (κ3) is 8.08. The summed E-state index contributed by atoms with van der Waals surface area (Å²) >= 11 is 0. The van der Waals surface area contributed by atoms with Crippen molar-refractivity contribution in [3.63, 3.8) is 0 Å². The molecule has 0 amide bonds. The zero-order valence-electron chi connectivity index (χ0n) is 12.5. The third-order valence-corrected chi connectivity index (χ3v) is 8.72. The van der Waals surface area contributed by atoms with Gasteiger partial charge in [-0.1, -0.05) is 40.0 Å². The first-order valence-electron chi connectivity index (χ1n) is 7.65. The molecule has 3 heteroatoms. The fourth-order valence-corrected chi connectivity index (χ4v) is 7.44. The van der Waals surface area contributed by atoms with Crippen LogP contribution in [0, 0.1) is 0 Å². The van der Waals surface area contributed by atoms with Gasteiger partial charge >= 0.3 is 0 Å². The Kier molecular flexibility index (Phi) is 10.7. The molecule has 0 aliphatic rings. The monoisotopic (exact) mass is 274 g/mol. The lowest BCUT2D eigenvalue weighted by Gasteiger charge is -2.28. The van der Waals surface area contributed by atoms with E-state index in [-0.39, 0.29) is 6.42 Å². The SMILES string of the molecule is CCCC[P+](CCCC)(CCCC)CCC(=O)[O-]. The standard InChI is InChI=1S/C15H31O2P/c1-4-7-11-18(12-8-5-2,13-9-6-3)14-10-15(16)17/h4-14H2,1-3H3. The predicted octanol–water partition coefficient (Wildman–Crippen LogP) is 3.54. The molecule has 0 heterocycles. The highest BCUT2D eigenvalue weighted by molar-refractivity contribution is 7.75. The van der Waals surface area contributed by atoms with E-state index in [4.69, 9.17) is 0 Å². The maximum absolute atomic E-state index is 10.8. The zero-order valence-corrected chi connectivity index (χ0v) is 13.4.